The summed E-state index contributed by atoms with van der Waals surface area (Å²) in [5.41, 5.74) is 7.93. The van der Waals surface area contributed by atoms with Crippen molar-refractivity contribution in [3.8, 4) is 0 Å². The van der Waals surface area contributed by atoms with Crippen molar-refractivity contribution in [3.63, 3.8) is 0 Å². The highest BCUT2D eigenvalue weighted by atomic mass is 16.1. The first-order chi connectivity index (χ1) is 10.2. The molecule has 2 aliphatic carbocycles. The highest BCUT2D eigenvalue weighted by Gasteiger charge is 2.41. The normalized spacial score (nSPS) is 26.9. The minimum atomic E-state index is -0.538. The lowest BCUT2D eigenvalue weighted by molar-refractivity contribution is -0.125. The van der Waals surface area contributed by atoms with Crippen LogP contribution >= 0.6 is 0 Å². The number of hydrogen-bond acceptors (Lipinski definition) is 2. The summed E-state index contributed by atoms with van der Waals surface area (Å²) in [6.45, 7) is 0. The smallest absolute Gasteiger partial charge is 0.238 e. The quantitative estimate of drug-likeness (QED) is 0.839. The maximum Gasteiger partial charge on any atom is 0.238 e. The van der Waals surface area contributed by atoms with Gasteiger partial charge in [0.15, 0.2) is 0 Å². The van der Waals surface area contributed by atoms with Gasteiger partial charge in [-0.1, -0.05) is 49.9 Å². The molecule has 114 valence electrons. The number of fused-ring (bicyclic) bond motifs is 1. The molecule has 1 aromatic carbocycles. The van der Waals surface area contributed by atoms with Crippen LogP contribution < -0.4 is 11.1 Å². The molecule has 1 saturated carbocycles. The first kappa shape index (κ1) is 14.6. The van der Waals surface area contributed by atoms with Crippen molar-refractivity contribution >= 4 is 5.91 Å². The van der Waals surface area contributed by atoms with Crippen molar-refractivity contribution in [3.05, 3.63) is 35.4 Å². The summed E-state index contributed by atoms with van der Waals surface area (Å²) in [5, 5.41) is 3.68. The van der Waals surface area contributed by atoms with Gasteiger partial charge in [0.2, 0.25) is 5.91 Å². The molecule has 3 N–H and O–H groups in total. The van der Waals surface area contributed by atoms with E-state index in [1.165, 1.54) is 49.7 Å². The predicted molar refractivity (Wildman–Crippen MR) is 85.0 cm³/mol. The van der Waals surface area contributed by atoms with Gasteiger partial charge in [-0.3, -0.25) is 4.79 Å². The van der Waals surface area contributed by atoms with Crippen LogP contribution in [0.4, 0.5) is 0 Å². The Morgan fingerprint density at radius 3 is 2.43 bits per heavy atom. The Kier molecular flexibility index (Phi) is 4.29. The number of benzene rings is 1. The van der Waals surface area contributed by atoms with Gasteiger partial charge in [0.05, 0.1) is 0 Å². The molecule has 3 nitrogen and oxygen atoms in total. The number of amides is 1. The number of rotatable bonds is 3. The summed E-state index contributed by atoms with van der Waals surface area (Å²) in [6.07, 6.45) is 10.1. The third-order valence-corrected chi connectivity index (χ3v) is 5.24. The molecule has 0 saturated heterocycles. The average Bonchev–Trinajstić information content (AvgIpc) is 2.75. The van der Waals surface area contributed by atoms with E-state index in [1.54, 1.807) is 0 Å². The molecule has 21 heavy (non-hydrogen) atoms. The Labute approximate surface area is 127 Å². The van der Waals surface area contributed by atoms with Crippen LogP contribution in [-0.4, -0.2) is 17.5 Å². The SMILES string of the molecule is NC(=O)C1(NC2CCCCCC2)CCc2ccccc2C1. The molecule has 1 atom stereocenters. The molecular weight excluding hydrogens is 260 g/mol. The van der Waals surface area contributed by atoms with E-state index in [9.17, 15) is 4.79 Å². The van der Waals surface area contributed by atoms with Gasteiger partial charge in [0, 0.05) is 6.04 Å². The number of aryl methyl sites for hydroxylation is 1. The zero-order chi connectivity index (χ0) is 14.7. The van der Waals surface area contributed by atoms with Crippen LogP contribution in [0, 0.1) is 0 Å². The van der Waals surface area contributed by atoms with Gasteiger partial charge in [-0.25, -0.2) is 0 Å². The standard InChI is InChI=1S/C18H26N2O/c19-17(21)18(20-16-9-3-1-2-4-10-16)12-11-14-7-5-6-8-15(14)13-18/h5-8,16,20H,1-4,9-13H2,(H2,19,21). The average molecular weight is 286 g/mol. The summed E-state index contributed by atoms with van der Waals surface area (Å²) < 4.78 is 0. The zero-order valence-corrected chi connectivity index (χ0v) is 12.7. The van der Waals surface area contributed by atoms with Gasteiger partial charge in [-0.05, 0) is 43.2 Å². The van der Waals surface area contributed by atoms with E-state index in [4.69, 9.17) is 5.73 Å². The third kappa shape index (κ3) is 3.13. The Hall–Kier alpha value is -1.35. The number of primary amides is 1. The maximum absolute atomic E-state index is 12.2. The molecule has 0 aromatic heterocycles. The minimum absolute atomic E-state index is 0.179. The second-order valence-electron chi connectivity index (χ2n) is 6.72. The van der Waals surface area contributed by atoms with E-state index in [2.05, 4.69) is 29.6 Å². The van der Waals surface area contributed by atoms with Gasteiger partial charge in [0.25, 0.3) is 0 Å². The summed E-state index contributed by atoms with van der Waals surface area (Å²) in [7, 11) is 0. The number of nitrogens with one attached hydrogen (secondary N) is 1. The van der Waals surface area contributed by atoms with Crippen molar-refractivity contribution in [1.82, 2.24) is 5.32 Å². The fourth-order valence-electron chi connectivity index (χ4n) is 3.95. The van der Waals surface area contributed by atoms with E-state index < -0.39 is 5.54 Å². The van der Waals surface area contributed by atoms with Crippen LogP contribution in [-0.2, 0) is 17.6 Å². The molecule has 2 aliphatic rings. The van der Waals surface area contributed by atoms with E-state index in [0.717, 1.165) is 19.3 Å². The van der Waals surface area contributed by atoms with E-state index >= 15 is 0 Å². The highest BCUT2D eigenvalue weighted by Crippen LogP contribution is 2.30. The molecule has 0 heterocycles. The second kappa shape index (κ2) is 6.18. The van der Waals surface area contributed by atoms with Crippen molar-refractivity contribution in [2.75, 3.05) is 0 Å². The first-order valence-corrected chi connectivity index (χ1v) is 8.34. The number of hydrogen-bond donors (Lipinski definition) is 2. The number of carbonyl (C=O) groups excluding carboxylic acids is 1. The van der Waals surface area contributed by atoms with Crippen molar-refractivity contribution in [2.24, 2.45) is 5.73 Å². The van der Waals surface area contributed by atoms with Crippen molar-refractivity contribution in [2.45, 2.75) is 69.4 Å². The van der Waals surface area contributed by atoms with Crippen LogP contribution in [0.3, 0.4) is 0 Å². The topological polar surface area (TPSA) is 55.1 Å². The van der Waals surface area contributed by atoms with Crippen LogP contribution in [0.5, 0.6) is 0 Å². The second-order valence-corrected chi connectivity index (χ2v) is 6.72. The van der Waals surface area contributed by atoms with E-state index in [-0.39, 0.29) is 5.91 Å². The molecule has 1 aromatic rings. The van der Waals surface area contributed by atoms with Crippen LogP contribution in [0.2, 0.25) is 0 Å². The Morgan fingerprint density at radius 2 is 1.76 bits per heavy atom. The van der Waals surface area contributed by atoms with Crippen LogP contribution in [0.15, 0.2) is 24.3 Å². The molecule has 0 radical (unpaired) electrons. The molecule has 1 fully saturated rings. The fourth-order valence-corrected chi connectivity index (χ4v) is 3.95. The molecule has 1 amide bonds. The van der Waals surface area contributed by atoms with Gasteiger partial charge in [-0.15, -0.1) is 0 Å². The molecule has 0 aliphatic heterocycles. The maximum atomic E-state index is 12.2. The summed E-state index contributed by atoms with van der Waals surface area (Å²) >= 11 is 0. The van der Waals surface area contributed by atoms with E-state index in [0.29, 0.717) is 6.04 Å². The molecule has 0 bridgehead atoms. The van der Waals surface area contributed by atoms with Crippen molar-refractivity contribution in [1.29, 1.82) is 0 Å². The molecule has 3 rings (SSSR count). The largest absolute Gasteiger partial charge is 0.368 e. The van der Waals surface area contributed by atoms with Gasteiger partial charge in [0.1, 0.15) is 5.54 Å². The Morgan fingerprint density at radius 1 is 1.10 bits per heavy atom. The molecular formula is C18H26N2O. The Bertz CT molecular complexity index is 506. The zero-order valence-electron chi connectivity index (χ0n) is 12.7. The lowest BCUT2D eigenvalue weighted by Gasteiger charge is -2.39. The molecule has 0 spiro atoms. The van der Waals surface area contributed by atoms with Gasteiger partial charge in [-0.2, -0.15) is 0 Å². The van der Waals surface area contributed by atoms with Crippen molar-refractivity contribution < 1.29 is 4.79 Å². The summed E-state index contributed by atoms with van der Waals surface area (Å²) in [4.78, 5) is 12.2. The summed E-state index contributed by atoms with van der Waals surface area (Å²) in [6, 6.07) is 8.90. The predicted octanol–water partition coefficient (Wildman–Crippen LogP) is 2.71. The molecule has 1 unspecified atom stereocenters. The lowest BCUT2D eigenvalue weighted by Crippen LogP contribution is -2.61. The number of nitrogens with two attached hydrogens (primary N) is 1. The van der Waals surface area contributed by atoms with Crippen LogP contribution in [0.25, 0.3) is 0 Å². The third-order valence-electron chi connectivity index (χ3n) is 5.24. The Balaban J connectivity index is 1.79. The monoisotopic (exact) mass is 286 g/mol. The van der Waals surface area contributed by atoms with Crippen LogP contribution in [0.1, 0.15) is 56.1 Å². The van der Waals surface area contributed by atoms with Gasteiger partial charge >= 0.3 is 0 Å². The van der Waals surface area contributed by atoms with Gasteiger partial charge < -0.3 is 11.1 Å². The highest BCUT2D eigenvalue weighted by molar-refractivity contribution is 5.85. The fraction of sp³-hybridized carbons (Fsp3) is 0.611. The summed E-state index contributed by atoms with van der Waals surface area (Å²) in [5.74, 6) is -0.179. The minimum Gasteiger partial charge on any atom is -0.368 e. The molecule has 3 heteroatoms. The first-order valence-electron chi connectivity index (χ1n) is 8.34. The van der Waals surface area contributed by atoms with E-state index in [1.807, 2.05) is 0 Å². The number of carbonyl (C=O) groups is 1. The lowest BCUT2D eigenvalue weighted by atomic mass is 9.76.